The zero-order valence-corrected chi connectivity index (χ0v) is 14.3. The Bertz CT molecular complexity index is 990. The second kappa shape index (κ2) is 6.89. The molecule has 1 heterocycles. The van der Waals surface area contributed by atoms with Gasteiger partial charge in [0.2, 0.25) is 5.91 Å². The second-order valence-electron chi connectivity index (χ2n) is 6.39. The summed E-state index contributed by atoms with van der Waals surface area (Å²) in [5.74, 6) is 0.226. The van der Waals surface area contributed by atoms with Gasteiger partial charge in [-0.25, -0.2) is 0 Å². The smallest absolute Gasteiger partial charge is 0.247 e. The number of carbonyl (C=O) groups excluding carboxylic acids is 1. The van der Waals surface area contributed by atoms with E-state index in [0.29, 0.717) is 6.54 Å². The van der Waals surface area contributed by atoms with Crippen molar-refractivity contribution in [1.29, 1.82) is 0 Å². The zero-order valence-electron chi connectivity index (χ0n) is 14.3. The van der Waals surface area contributed by atoms with E-state index in [2.05, 4.69) is 35.6 Å². The highest BCUT2D eigenvalue weighted by molar-refractivity contribution is 6.01. The topological polar surface area (TPSA) is 49.3 Å². The van der Waals surface area contributed by atoms with Gasteiger partial charge in [0.25, 0.3) is 0 Å². The Hall–Kier alpha value is -3.33. The zero-order chi connectivity index (χ0) is 17.9. The van der Waals surface area contributed by atoms with Crippen molar-refractivity contribution in [2.45, 2.75) is 6.42 Å². The minimum atomic E-state index is -0.00280. The first-order valence-electron chi connectivity index (χ1n) is 8.68. The van der Waals surface area contributed by atoms with Crippen molar-refractivity contribution in [3.05, 3.63) is 83.9 Å². The predicted octanol–water partition coefficient (Wildman–Crippen LogP) is 4.63. The van der Waals surface area contributed by atoms with Crippen molar-refractivity contribution >= 4 is 12.0 Å². The lowest BCUT2D eigenvalue weighted by Crippen LogP contribution is -2.14. The molecule has 3 aromatic carbocycles. The van der Waals surface area contributed by atoms with Crippen LogP contribution in [0.2, 0.25) is 0 Å². The maximum atomic E-state index is 12.0. The molecule has 1 aliphatic rings. The molecule has 0 aliphatic carbocycles. The van der Waals surface area contributed by atoms with Crippen LogP contribution in [0.3, 0.4) is 0 Å². The van der Waals surface area contributed by atoms with Crippen molar-refractivity contribution in [2.24, 2.45) is 0 Å². The molecule has 26 heavy (non-hydrogen) atoms. The summed E-state index contributed by atoms with van der Waals surface area (Å²) in [4.78, 5) is 12.0. The summed E-state index contributed by atoms with van der Waals surface area (Å²) >= 11 is 0. The lowest BCUT2D eigenvalue weighted by Gasteiger charge is -2.11. The largest absolute Gasteiger partial charge is 0.508 e. The van der Waals surface area contributed by atoms with Gasteiger partial charge in [0.1, 0.15) is 5.75 Å². The number of phenols is 1. The van der Waals surface area contributed by atoms with E-state index < -0.39 is 0 Å². The Labute approximate surface area is 152 Å². The van der Waals surface area contributed by atoms with Crippen LogP contribution in [0.25, 0.3) is 28.3 Å². The molecule has 1 aliphatic heterocycles. The van der Waals surface area contributed by atoms with E-state index in [-0.39, 0.29) is 11.7 Å². The van der Waals surface area contributed by atoms with E-state index in [0.717, 1.165) is 39.8 Å². The van der Waals surface area contributed by atoms with Crippen LogP contribution in [-0.4, -0.2) is 17.6 Å². The summed E-state index contributed by atoms with van der Waals surface area (Å²) < 4.78 is 0. The summed E-state index contributed by atoms with van der Waals surface area (Å²) in [6.07, 6.45) is 2.70. The van der Waals surface area contributed by atoms with Gasteiger partial charge in [-0.3, -0.25) is 4.79 Å². The standard InChI is InChI=1S/C23H19NO2/c25-21-8-4-7-18(15-21)22-10-9-17(16-5-2-1-3-6-16)13-20(22)14-19-11-12-24-23(19)26/h1-10,13-15,25H,11-12H2,(H,24,26)/b19-14+. The van der Waals surface area contributed by atoms with E-state index in [4.69, 9.17) is 0 Å². The van der Waals surface area contributed by atoms with E-state index in [9.17, 15) is 9.90 Å². The number of hydrogen-bond acceptors (Lipinski definition) is 2. The van der Waals surface area contributed by atoms with Crippen LogP contribution in [0.4, 0.5) is 0 Å². The lowest BCUT2D eigenvalue weighted by atomic mass is 9.93. The number of nitrogens with one attached hydrogen (secondary N) is 1. The molecular weight excluding hydrogens is 322 g/mol. The van der Waals surface area contributed by atoms with Gasteiger partial charge in [-0.05, 0) is 58.5 Å². The molecule has 0 aromatic heterocycles. The number of carbonyl (C=O) groups is 1. The third-order valence-corrected chi connectivity index (χ3v) is 4.62. The van der Waals surface area contributed by atoms with Gasteiger partial charge in [0.15, 0.2) is 0 Å². The fourth-order valence-corrected chi connectivity index (χ4v) is 3.29. The monoisotopic (exact) mass is 341 g/mol. The number of aromatic hydroxyl groups is 1. The molecule has 1 saturated heterocycles. The van der Waals surface area contributed by atoms with Crippen molar-refractivity contribution in [1.82, 2.24) is 5.32 Å². The molecule has 0 spiro atoms. The van der Waals surface area contributed by atoms with Crippen molar-refractivity contribution in [3.8, 4) is 28.0 Å². The van der Waals surface area contributed by atoms with E-state index in [1.165, 1.54) is 0 Å². The van der Waals surface area contributed by atoms with Crippen LogP contribution >= 0.6 is 0 Å². The van der Waals surface area contributed by atoms with E-state index in [1.807, 2.05) is 36.4 Å². The molecule has 0 saturated carbocycles. The SMILES string of the molecule is O=C1NCC/C1=C\c1cc(-c2ccccc2)ccc1-c1cccc(O)c1. The van der Waals surface area contributed by atoms with Crippen molar-refractivity contribution in [2.75, 3.05) is 6.54 Å². The summed E-state index contributed by atoms with van der Waals surface area (Å²) in [5, 5.41) is 12.7. The molecule has 2 N–H and O–H groups in total. The van der Waals surface area contributed by atoms with Gasteiger partial charge < -0.3 is 10.4 Å². The summed E-state index contributed by atoms with van der Waals surface area (Å²) in [7, 11) is 0. The number of rotatable bonds is 3. The molecule has 0 atom stereocenters. The molecule has 3 heteroatoms. The third-order valence-electron chi connectivity index (χ3n) is 4.62. The molecular formula is C23H19NO2. The number of hydrogen-bond donors (Lipinski definition) is 2. The Morgan fingerprint density at radius 1 is 0.846 bits per heavy atom. The van der Waals surface area contributed by atoms with Gasteiger partial charge in [0.05, 0.1) is 0 Å². The van der Waals surface area contributed by atoms with E-state index >= 15 is 0 Å². The van der Waals surface area contributed by atoms with Crippen LogP contribution in [0, 0.1) is 0 Å². The highest BCUT2D eigenvalue weighted by Gasteiger charge is 2.17. The lowest BCUT2D eigenvalue weighted by molar-refractivity contribution is -0.116. The predicted molar refractivity (Wildman–Crippen MR) is 105 cm³/mol. The van der Waals surface area contributed by atoms with Crippen LogP contribution in [0.1, 0.15) is 12.0 Å². The molecule has 128 valence electrons. The Balaban J connectivity index is 1.87. The Morgan fingerprint density at radius 2 is 1.65 bits per heavy atom. The van der Waals surface area contributed by atoms with Crippen molar-refractivity contribution < 1.29 is 9.90 Å². The highest BCUT2D eigenvalue weighted by atomic mass is 16.3. The average molecular weight is 341 g/mol. The molecule has 0 unspecified atom stereocenters. The van der Waals surface area contributed by atoms with Crippen LogP contribution < -0.4 is 5.32 Å². The number of amides is 1. The molecule has 0 radical (unpaired) electrons. The molecule has 3 aromatic rings. The van der Waals surface area contributed by atoms with Crippen LogP contribution in [-0.2, 0) is 4.79 Å². The summed E-state index contributed by atoms with van der Waals surface area (Å²) in [6, 6.07) is 23.6. The maximum Gasteiger partial charge on any atom is 0.247 e. The molecule has 0 bridgehead atoms. The Kier molecular flexibility index (Phi) is 4.28. The fraction of sp³-hybridized carbons (Fsp3) is 0.0870. The summed E-state index contributed by atoms with van der Waals surface area (Å²) in [5.41, 5.74) is 5.91. The average Bonchev–Trinajstić information content (AvgIpc) is 3.07. The van der Waals surface area contributed by atoms with Gasteiger partial charge in [-0.15, -0.1) is 0 Å². The highest BCUT2D eigenvalue weighted by Crippen LogP contribution is 2.32. The van der Waals surface area contributed by atoms with Gasteiger partial charge in [0, 0.05) is 12.1 Å². The Morgan fingerprint density at radius 3 is 2.38 bits per heavy atom. The third kappa shape index (κ3) is 3.24. The van der Waals surface area contributed by atoms with Crippen LogP contribution in [0.5, 0.6) is 5.75 Å². The van der Waals surface area contributed by atoms with E-state index in [1.54, 1.807) is 12.1 Å². The van der Waals surface area contributed by atoms with Gasteiger partial charge in [-0.2, -0.15) is 0 Å². The quantitative estimate of drug-likeness (QED) is 0.683. The first-order valence-corrected chi connectivity index (χ1v) is 8.68. The minimum Gasteiger partial charge on any atom is -0.508 e. The van der Waals surface area contributed by atoms with Gasteiger partial charge in [-0.1, -0.05) is 54.6 Å². The molecule has 1 fully saturated rings. The van der Waals surface area contributed by atoms with Crippen molar-refractivity contribution in [3.63, 3.8) is 0 Å². The number of phenolic OH excluding ortho intramolecular Hbond substituents is 1. The number of benzene rings is 3. The minimum absolute atomic E-state index is 0.00280. The van der Waals surface area contributed by atoms with Crippen LogP contribution in [0.15, 0.2) is 78.4 Å². The van der Waals surface area contributed by atoms with Gasteiger partial charge >= 0.3 is 0 Å². The normalized spacial score (nSPS) is 15.2. The first kappa shape index (κ1) is 16.2. The molecule has 4 rings (SSSR count). The maximum absolute atomic E-state index is 12.0. The second-order valence-corrected chi connectivity index (χ2v) is 6.39. The fourth-order valence-electron chi connectivity index (χ4n) is 3.29. The molecule has 1 amide bonds. The molecule has 3 nitrogen and oxygen atoms in total. The first-order chi connectivity index (χ1) is 12.7. The summed E-state index contributed by atoms with van der Waals surface area (Å²) in [6.45, 7) is 0.685.